The minimum absolute atomic E-state index is 0.511. The Labute approximate surface area is 171 Å². The molecule has 0 atom stereocenters. The van der Waals surface area contributed by atoms with Gasteiger partial charge >= 0.3 is 0 Å². The van der Waals surface area contributed by atoms with Gasteiger partial charge < -0.3 is 5.32 Å². The minimum Gasteiger partial charge on any atom is -0.367 e. The van der Waals surface area contributed by atoms with Crippen molar-refractivity contribution in [2.45, 2.75) is 44.6 Å². The van der Waals surface area contributed by atoms with Crippen molar-refractivity contribution in [2.24, 2.45) is 0 Å². The monoisotopic (exact) mass is 382 g/mol. The molecule has 4 heteroatoms. The highest BCUT2D eigenvalue weighted by Crippen LogP contribution is 2.31. The van der Waals surface area contributed by atoms with Crippen molar-refractivity contribution < 1.29 is 0 Å². The van der Waals surface area contributed by atoms with Gasteiger partial charge in [0.1, 0.15) is 17.2 Å². The molecule has 3 aromatic heterocycles. The van der Waals surface area contributed by atoms with E-state index in [1.807, 2.05) is 18.5 Å². The fourth-order valence-electron chi connectivity index (χ4n) is 4.31. The van der Waals surface area contributed by atoms with Crippen LogP contribution < -0.4 is 5.32 Å². The molecule has 29 heavy (non-hydrogen) atoms. The Morgan fingerprint density at radius 1 is 0.897 bits per heavy atom. The van der Waals surface area contributed by atoms with E-state index in [1.165, 1.54) is 43.2 Å². The Morgan fingerprint density at radius 3 is 2.55 bits per heavy atom. The Morgan fingerprint density at radius 2 is 1.76 bits per heavy atom. The van der Waals surface area contributed by atoms with Crippen LogP contribution in [0.2, 0.25) is 0 Å². The van der Waals surface area contributed by atoms with E-state index in [2.05, 4.69) is 69.4 Å². The number of aromatic nitrogens is 3. The summed E-state index contributed by atoms with van der Waals surface area (Å²) in [6, 6.07) is 19.5. The highest BCUT2D eigenvalue weighted by atomic mass is 15.1. The van der Waals surface area contributed by atoms with Gasteiger partial charge in [-0.05, 0) is 48.6 Å². The molecule has 0 spiro atoms. The van der Waals surface area contributed by atoms with Crippen LogP contribution in [0.4, 0.5) is 5.82 Å². The number of benzene rings is 1. The van der Waals surface area contributed by atoms with E-state index in [0.717, 1.165) is 29.1 Å². The number of nitrogens with zero attached hydrogens (tertiary/aromatic N) is 3. The molecule has 0 unspecified atom stereocenters. The van der Waals surface area contributed by atoms with Gasteiger partial charge in [-0.3, -0.25) is 9.38 Å². The molecular weight excluding hydrogens is 356 g/mol. The summed E-state index contributed by atoms with van der Waals surface area (Å²) in [7, 11) is 0. The summed E-state index contributed by atoms with van der Waals surface area (Å²) in [5, 5.41) is 3.83. The van der Waals surface area contributed by atoms with E-state index in [1.54, 1.807) is 0 Å². The van der Waals surface area contributed by atoms with Gasteiger partial charge in [0.2, 0.25) is 0 Å². The topological polar surface area (TPSA) is 42.2 Å². The fraction of sp³-hybridized carbons (Fsp3) is 0.280. The molecule has 1 saturated carbocycles. The van der Waals surface area contributed by atoms with Crippen LogP contribution in [0.3, 0.4) is 0 Å². The third-order valence-corrected chi connectivity index (χ3v) is 5.81. The van der Waals surface area contributed by atoms with Gasteiger partial charge in [-0.2, -0.15) is 0 Å². The molecule has 4 aromatic rings. The number of fused-ring (bicyclic) bond motifs is 1. The van der Waals surface area contributed by atoms with Gasteiger partial charge in [0.15, 0.2) is 0 Å². The van der Waals surface area contributed by atoms with Crippen LogP contribution in [0.5, 0.6) is 0 Å². The highest BCUT2D eigenvalue weighted by molar-refractivity contribution is 5.76. The molecule has 1 aliphatic rings. The first kappa shape index (κ1) is 17.9. The van der Waals surface area contributed by atoms with E-state index in [0.29, 0.717) is 6.04 Å². The van der Waals surface area contributed by atoms with Crippen LogP contribution in [0.1, 0.15) is 43.2 Å². The van der Waals surface area contributed by atoms with Crippen LogP contribution in [-0.4, -0.2) is 20.4 Å². The molecule has 1 aromatic carbocycles. The lowest BCUT2D eigenvalue weighted by Crippen LogP contribution is -2.23. The first-order valence-corrected chi connectivity index (χ1v) is 10.6. The summed E-state index contributed by atoms with van der Waals surface area (Å²) in [4.78, 5) is 9.27. The molecule has 0 bridgehead atoms. The molecule has 0 radical (unpaired) electrons. The van der Waals surface area contributed by atoms with Crippen molar-refractivity contribution in [3.05, 3.63) is 84.3 Å². The van der Waals surface area contributed by atoms with Gasteiger partial charge in [0.05, 0.1) is 0 Å². The number of nitrogens with one attached hydrogen (secondary N) is 1. The Bertz CT molecular complexity index is 1080. The van der Waals surface area contributed by atoms with Gasteiger partial charge in [-0.1, -0.05) is 55.7 Å². The van der Waals surface area contributed by atoms with Crippen molar-refractivity contribution in [2.75, 3.05) is 5.32 Å². The van der Waals surface area contributed by atoms with Crippen molar-refractivity contribution in [3.8, 4) is 11.3 Å². The van der Waals surface area contributed by atoms with Crippen LogP contribution in [0, 0.1) is 0 Å². The first-order valence-electron chi connectivity index (χ1n) is 10.6. The first-order chi connectivity index (χ1) is 14.4. The quantitative estimate of drug-likeness (QED) is 0.479. The molecule has 1 fully saturated rings. The van der Waals surface area contributed by atoms with Crippen LogP contribution in [0.15, 0.2) is 73.2 Å². The summed E-state index contributed by atoms with van der Waals surface area (Å²) in [6.45, 7) is 0. The second-order valence-electron chi connectivity index (χ2n) is 7.96. The number of pyridine rings is 2. The second kappa shape index (κ2) is 8.08. The van der Waals surface area contributed by atoms with E-state index in [4.69, 9.17) is 4.98 Å². The predicted molar refractivity (Wildman–Crippen MR) is 118 cm³/mol. The maximum Gasteiger partial charge on any atom is 0.139 e. The SMILES string of the molecule is c1ccc(Cc2ccc3nc(-c4cccnc4)c(NC4CCCCC4)n3c2)cc1. The minimum atomic E-state index is 0.511. The summed E-state index contributed by atoms with van der Waals surface area (Å²) in [6.07, 6.45) is 13.3. The molecular formula is C25H26N4. The van der Waals surface area contributed by atoms with Crippen molar-refractivity contribution in [1.82, 2.24) is 14.4 Å². The average molecular weight is 383 g/mol. The van der Waals surface area contributed by atoms with Gasteiger partial charge in [0.25, 0.3) is 0 Å². The molecule has 5 rings (SSSR count). The molecule has 3 heterocycles. The number of rotatable bonds is 5. The lowest BCUT2D eigenvalue weighted by atomic mass is 9.95. The van der Waals surface area contributed by atoms with Crippen LogP contribution in [0.25, 0.3) is 16.9 Å². The van der Waals surface area contributed by atoms with E-state index in [-0.39, 0.29) is 0 Å². The van der Waals surface area contributed by atoms with Gasteiger partial charge in [-0.15, -0.1) is 0 Å². The van der Waals surface area contributed by atoms with Gasteiger partial charge in [-0.25, -0.2) is 4.98 Å². The zero-order valence-corrected chi connectivity index (χ0v) is 16.6. The third-order valence-electron chi connectivity index (χ3n) is 5.81. The molecule has 4 nitrogen and oxygen atoms in total. The fourth-order valence-corrected chi connectivity index (χ4v) is 4.31. The van der Waals surface area contributed by atoms with Crippen LogP contribution >= 0.6 is 0 Å². The van der Waals surface area contributed by atoms with Crippen molar-refractivity contribution in [1.29, 1.82) is 0 Å². The smallest absolute Gasteiger partial charge is 0.139 e. The van der Waals surface area contributed by atoms with E-state index >= 15 is 0 Å². The molecule has 0 saturated heterocycles. The van der Waals surface area contributed by atoms with Gasteiger partial charge in [0, 0.05) is 30.2 Å². The number of imidazole rings is 1. The molecule has 146 valence electrons. The number of anilines is 1. The maximum absolute atomic E-state index is 4.96. The molecule has 0 amide bonds. The molecule has 1 N–H and O–H groups in total. The second-order valence-corrected chi connectivity index (χ2v) is 7.96. The third kappa shape index (κ3) is 3.88. The Balaban J connectivity index is 1.57. The summed E-state index contributed by atoms with van der Waals surface area (Å²) >= 11 is 0. The summed E-state index contributed by atoms with van der Waals surface area (Å²) in [5.41, 5.74) is 5.62. The lowest BCUT2D eigenvalue weighted by Gasteiger charge is -2.24. The summed E-state index contributed by atoms with van der Waals surface area (Å²) < 4.78 is 2.23. The Hall–Kier alpha value is -3.14. The predicted octanol–water partition coefficient (Wildman–Crippen LogP) is 5.73. The van der Waals surface area contributed by atoms with E-state index < -0.39 is 0 Å². The largest absolute Gasteiger partial charge is 0.367 e. The van der Waals surface area contributed by atoms with Crippen molar-refractivity contribution >= 4 is 11.5 Å². The number of hydrogen-bond donors (Lipinski definition) is 1. The lowest BCUT2D eigenvalue weighted by molar-refractivity contribution is 0.461. The highest BCUT2D eigenvalue weighted by Gasteiger charge is 2.20. The maximum atomic E-state index is 4.96. The standard InChI is InChI=1S/C25H26N4/c1-3-8-19(9-4-1)16-20-13-14-23-28-24(21-10-7-15-26-17-21)25(29(23)18-20)27-22-11-5-2-6-12-22/h1,3-4,7-10,13-15,17-18,22,27H,2,5-6,11-12,16H2. The Kier molecular flexibility index (Phi) is 4.99. The average Bonchev–Trinajstić information content (AvgIpc) is 3.13. The van der Waals surface area contributed by atoms with Crippen molar-refractivity contribution in [3.63, 3.8) is 0 Å². The zero-order chi connectivity index (χ0) is 19.5. The van der Waals surface area contributed by atoms with Crippen LogP contribution in [-0.2, 0) is 6.42 Å². The zero-order valence-electron chi connectivity index (χ0n) is 16.6. The molecule has 1 aliphatic carbocycles. The number of hydrogen-bond acceptors (Lipinski definition) is 3. The summed E-state index contributed by atoms with van der Waals surface area (Å²) in [5.74, 6) is 1.09. The normalized spacial score (nSPS) is 14.9. The molecule has 0 aliphatic heterocycles. The van der Waals surface area contributed by atoms with E-state index in [9.17, 15) is 0 Å².